The molecular weight excluding hydrogens is 566 g/mol. The first-order valence-electron chi connectivity index (χ1n) is 13.3. The van der Waals surface area contributed by atoms with Crippen molar-refractivity contribution in [2.24, 2.45) is 11.7 Å². The summed E-state index contributed by atoms with van der Waals surface area (Å²) >= 11 is 12.4. The second-order valence-corrected chi connectivity index (χ2v) is 11.5. The number of halogens is 5. The molecule has 0 radical (unpaired) electrons. The average molecular weight is 601 g/mol. The van der Waals surface area contributed by atoms with Crippen molar-refractivity contribution in [1.82, 2.24) is 15.1 Å². The number of nitrogens with one attached hydrogen (secondary N) is 1. The average Bonchev–Trinajstić information content (AvgIpc) is 3.32. The maximum atomic E-state index is 14.1. The molecule has 3 amide bonds. The smallest absolute Gasteiger partial charge is 0.367 e. The number of piperazine rings is 1. The zero-order chi connectivity index (χ0) is 29.2. The molecule has 2 aromatic rings. The number of rotatable bonds is 8. The van der Waals surface area contributed by atoms with Crippen LogP contribution < -0.4 is 16.0 Å². The Hall–Kier alpha value is -2.69. The molecule has 2 unspecified atom stereocenters. The largest absolute Gasteiger partial charge is 0.418 e. The predicted molar refractivity (Wildman–Crippen MR) is 151 cm³/mol. The maximum absolute atomic E-state index is 14.1. The minimum atomic E-state index is -4.55. The molecule has 4 rings (SSSR count). The number of anilines is 1. The van der Waals surface area contributed by atoms with Crippen molar-refractivity contribution in [3.63, 3.8) is 0 Å². The fourth-order valence-electron chi connectivity index (χ4n) is 5.45. The van der Waals surface area contributed by atoms with Crippen LogP contribution in [0.5, 0.6) is 0 Å². The van der Waals surface area contributed by atoms with E-state index in [-0.39, 0.29) is 56.1 Å². The van der Waals surface area contributed by atoms with Crippen molar-refractivity contribution in [3.05, 3.63) is 63.1 Å². The van der Waals surface area contributed by atoms with Crippen molar-refractivity contribution in [2.75, 3.05) is 44.2 Å². The van der Waals surface area contributed by atoms with Gasteiger partial charge in [-0.25, -0.2) is 4.79 Å². The first kappa shape index (κ1) is 30.3. The summed E-state index contributed by atoms with van der Waals surface area (Å²) in [4.78, 5) is 31.1. The third-order valence-electron chi connectivity index (χ3n) is 7.38. The van der Waals surface area contributed by atoms with E-state index in [0.717, 1.165) is 6.07 Å². The normalized spacial score (nSPS) is 17.8. The number of carbonyl (C=O) groups excluding carboxylic acids is 2. The number of carbonyl (C=O) groups is 2. The van der Waals surface area contributed by atoms with Gasteiger partial charge >= 0.3 is 12.2 Å². The van der Waals surface area contributed by atoms with Gasteiger partial charge in [-0.1, -0.05) is 55.2 Å². The molecule has 40 heavy (non-hydrogen) atoms. The molecule has 2 aromatic carbocycles. The molecule has 0 aromatic heterocycles. The molecule has 2 heterocycles. The van der Waals surface area contributed by atoms with Gasteiger partial charge in [-0.3, -0.25) is 4.79 Å². The Kier molecular flexibility index (Phi) is 9.42. The number of hydrogen-bond donors (Lipinski definition) is 2. The summed E-state index contributed by atoms with van der Waals surface area (Å²) in [6.07, 6.45) is -3.82. The minimum absolute atomic E-state index is 0.0821. The zero-order valence-corrected chi connectivity index (χ0v) is 24.0. The number of amides is 3. The standard InChI is InChI=1S/C28H34Cl2F3N5O2/c1-17(2)14-23(34)20-4-3-5-21(28(31,32)33)25(20)36-10-12-37(13-11-36)26(39)24(38-9-8-35-27(38)40)15-18-6-7-19(29)16-22(18)30/h3-7,16-17,23-24H,8-15,34H2,1-2H3,(H,35,40). The zero-order valence-electron chi connectivity index (χ0n) is 22.5. The third-order valence-corrected chi connectivity index (χ3v) is 7.97. The summed E-state index contributed by atoms with van der Waals surface area (Å²) in [7, 11) is 0. The van der Waals surface area contributed by atoms with Crippen LogP contribution in [0.3, 0.4) is 0 Å². The molecule has 2 aliphatic heterocycles. The van der Waals surface area contributed by atoms with E-state index >= 15 is 0 Å². The molecule has 0 aliphatic carbocycles. The number of alkyl halides is 3. The van der Waals surface area contributed by atoms with Gasteiger partial charge in [0.2, 0.25) is 5.91 Å². The van der Waals surface area contributed by atoms with Gasteiger partial charge in [0.1, 0.15) is 6.04 Å². The maximum Gasteiger partial charge on any atom is 0.418 e. The number of nitrogens with two attached hydrogens (primary N) is 1. The van der Waals surface area contributed by atoms with Crippen LogP contribution in [-0.4, -0.2) is 67.0 Å². The van der Waals surface area contributed by atoms with E-state index in [4.69, 9.17) is 28.9 Å². The number of urea groups is 1. The molecule has 0 saturated carbocycles. The van der Waals surface area contributed by atoms with E-state index in [2.05, 4.69) is 5.32 Å². The lowest BCUT2D eigenvalue weighted by molar-refractivity contribution is -0.138. The highest BCUT2D eigenvalue weighted by Crippen LogP contribution is 2.41. The van der Waals surface area contributed by atoms with E-state index in [9.17, 15) is 22.8 Å². The number of para-hydroxylation sites is 1. The molecule has 12 heteroatoms. The summed E-state index contributed by atoms with van der Waals surface area (Å²) < 4.78 is 42.3. The quantitative estimate of drug-likeness (QED) is 0.429. The van der Waals surface area contributed by atoms with Gasteiger partial charge in [0.15, 0.2) is 0 Å². The van der Waals surface area contributed by atoms with Crippen LogP contribution in [0.15, 0.2) is 36.4 Å². The molecular formula is C28H34Cl2F3N5O2. The van der Waals surface area contributed by atoms with Crippen LogP contribution in [0.25, 0.3) is 0 Å². The lowest BCUT2D eigenvalue weighted by atomic mass is 9.93. The summed E-state index contributed by atoms with van der Waals surface area (Å²) in [5.41, 5.74) is 6.86. The molecule has 2 atom stereocenters. The van der Waals surface area contributed by atoms with Crippen LogP contribution in [-0.2, 0) is 17.4 Å². The summed E-state index contributed by atoms with van der Waals surface area (Å²) in [6.45, 7) is 5.52. The van der Waals surface area contributed by atoms with Gasteiger partial charge in [-0.05, 0) is 41.7 Å². The van der Waals surface area contributed by atoms with E-state index in [0.29, 0.717) is 40.7 Å². The van der Waals surface area contributed by atoms with Crippen molar-refractivity contribution in [2.45, 2.75) is 44.9 Å². The first-order valence-corrected chi connectivity index (χ1v) is 14.1. The Morgan fingerprint density at radius 1 is 1.07 bits per heavy atom. The van der Waals surface area contributed by atoms with Crippen molar-refractivity contribution in [1.29, 1.82) is 0 Å². The highest BCUT2D eigenvalue weighted by molar-refractivity contribution is 6.35. The fourth-order valence-corrected chi connectivity index (χ4v) is 5.93. The van der Waals surface area contributed by atoms with E-state index in [1.54, 1.807) is 34.1 Å². The number of nitrogens with zero attached hydrogens (tertiary/aromatic N) is 3. The minimum Gasteiger partial charge on any atom is -0.367 e. The van der Waals surface area contributed by atoms with Crippen LogP contribution in [0.4, 0.5) is 23.7 Å². The van der Waals surface area contributed by atoms with Gasteiger partial charge < -0.3 is 25.8 Å². The van der Waals surface area contributed by atoms with Crippen molar-refractivity contribution < 1.29 is 22.8 Å². The molecule has 0 bridgehead atoms. The van der Waals surface area contributed by atoms with Gasteiger partial charge in [0.25, 0.3) is 0 Å². The van der Waals surface area contributed by atoms with Gasteiger partial charge in [-0.2, -0.15) is 13.2 Å². The van der Waals surface area contributed by atoms with Gasteiger partial charge in [-0.15, -0.1) is 0 Å². The Morgan fingerprint density at radius 2 is 1.77 bits per heavy atom. The van der Waals surface area contributed by atoms with Crippen molar-refractivity contribution >= 4 is 40.8 Å². The second-order valence-electron chi connectivity index (χ2n) is 10.7. The molecule has 3 N–H and O–H groups in total. The molecule has 2 saturated heterocycles. The Bertz CT molecular complexity index is 1230. The van der Waals surface area contributed by atoms with Gasteiger partial charge in [0, 0.05) is 61.8 Å². The number of hydrogen-bond acceptors (Lipinski definition) is 4. The van der Waals surface area contributed by atoms with E-state index < -0.39 is 23.8 Å². The Labute approximate surface area is 242 Å². The highest BCUT2D eigenvalue weighted by atomic mass is 35.5. The monoisotopic (exact) mass is 599 g/mol. The molecule has 2 aliphatic rings. The Balaban J connectivity index is 1.57. The van der Waals surface area contributed by atoms with Crippen molar-refractivity contribution in [3.8, 4) is 0 Å². The summed E-state index contributed by atoms with van der Waals surface area (Å²) in [5, 5.41) is 3.58. The van der Waals surface area contributed by atoms with Gasteiger partial charge in [0.05, 0.1) is 11.3 Å². The second kappa shape index (κ2) is 12.4. The van der Waals surface area contributed by atoms with Crippen LogP contribution in [0, 0.1) is 5.92 Å². The van der Waals surface area contributed by atoms with E-state index in [1.807, 2.05) is 13.8 Å². The third kappa shape index (κ3) is 6.78. The predicted octanol–water partition coefficient (Wildman–Crippen LogP) is 5.34. The summed E-state index contributed by atoms with van der Waals surface area (Å²) in [5.74, 6) is -0.0655. The first-order chi connectivity index (χ1) is 18.9. The van der Waals surface area contributed by atoms with Crippen LogP contribution in [0.1, 0.15) is 43.0 Å². The highest BCUT2D eigenvalue weighted by Gasteiger charge is 2.40. The molecule has 218 valence electrons. The lowest BCUT2D eigenvalue weighted by Gasteiger charge is -2.40. The topological polar surface area (TPSA) is 81.9 Å². The molecule has 2 fully saturated rings. The number of benzene rings is 2. The molecule has 7 nitrogen and oxygen atoms in total. The lowest BCUT2D eigenvalue weighted by Crippen LogP contribution is -2.56. The SMILES string of the molecule is CC(C)CC(N)c1cccc(C(F)(F)F)c1N1CCN(C(=O)C(Cc2ccc(Cl)cc2Cl)N2CCNC2=O)CC1. The van der Waals surface area contributed by atoms with Crippen LogP contribution >= 0.6 is 23.2 Å². The fraction of sp³-hybridized carbons (Fsp3) is 0.500. The summed E-state index contributed by atoms with van der Waals surface area (Å²) in [6, 6.07) is 7.41. The van der Waals surface area contributed by atoms with E-state index in [1.165, 1.54) is 11.0 Å². The molecule has 0 spiro atoms. The Morgan fingerprint density at radius 3 is 2.35 bits per heavy atom. The van der Waals surface area contributed by atoms with Crippen LogP contribution in [0.2, 0.25) is 10.0 Å².